The Kier molecular flexibility index (Phi) is 5.50. The van der Waals surface area contributed by atoms with Gasteiger partial charge in [0.1, 0.15) is 12.1 Å². The molecule has 5 rings (SSSR count). The summed E-state index contributed by atoms with van der Waals surface area (Å²) in [5.41, 5.74) is 3.19. The zero-order chi connectivity index (χ0) is 24.7. The van der Waals surface area contributed by atoms with Crippen LogP contribution in [-0.4, -0.2) is 68.2 Å². The molecule has 1 fully saturated rings. The van der Waals surface area contributed by atoms with Gasteiger partial charge in [0.15, 0.2) is 5.69 Å². The summed E-state index contributed by atoms with van der Waals surface area (Å²) in [5.74, 6) is -1.49. The van der Waals surface area contributed by atoms with Crippen LogP contribution in [0.15, 0.2) is 54.7 Å². The van der Waals surface area contributed by atoms with Crippen molar-refractivity contribution in [2.75, 3.05) is 19.7 Å². The standard InChI is InChI=1S/C25H25N5O5/c1-25(2,23(33)29-11-15(12-29)30-13-21(22(31)32)27-28-30)26-24(34)35-14-20-18-9-5-3-7-16(18)17-8-4-6-10-19(17)20/h3-10,13,15,20H,11-12,14H2,1-2H3,(H,26,34)(H,31,32). The molecule has 10 heteroatoms. The first-order valence-electron chi connectivity index (χ1n) is 11.3. The highest BCUT2D eigenvalue weighted by Crippen LogP contribution is 2.44. The van der Waals surface area contributed by atoms with E-state index >= 15 is 0 Å². The Hall–Kier alpha value is -4.21. The van der Waals surface area contributed by atoms with E-state index in [1.54, 1.807) is 18.7 Å². The normalized spacial score (nSPS) is 15.2. The van der Waals surface area contributed by atoms with Crippen molar-refractivity contribution >= 4 is 18.0 Å². The summed E-state index contributed by atoms with van der Waals surface area (Å²) in [4.78, 5) is 38.2. The number of rotatable bonds is 6. The van der Waals surface area contributed by atoms with Gasteiger partial charge >= 0.3 is 12.1 Å². The van der Waals surface area contributed by atoms with E-state index in [4.69, 9.17) is 9.84 Å². The highest BCUT2D eigenvalue weighted by atomic mass is 16.5. The number of nitrogens with zero attached hydrogens (tertiary/aromatic N) is 4. The SMILES string of the molecule is CC(C)(NC(=O)OCC1c2ccccc2-c2ccccc21)C(=O)N1CC(n2cc(C(=O)O)nn2)C1. The molecule has 0 atom stereocenters. The van der Waals surface area contributed by atoms with Crippen molar-refractivity contribution < 1.29 is 24.2 Å². The summed E-state index contributed by atoms with van der Waals surface area (Å²) in [5, 5.41) is 19.1. The van der Waals surface area contributed by atoms with Crippen molar-refractivity contribution in [1.82, 2.24) is 25.2 Å². The van der Waals surface area contributed by atoms with Gasteiger partial charge in [0.2, 0.25) is 5.91 Å². The molecule has 10 nitrogen and oxygen atoms in total. The molecule has 0 radical (unpaired) electrons. The number of aromatic carboxylic acids is 1. The first kappa shape index (κ1) is 22.6. The van der Waals surface area contributed by atoms with Gasteiger partial charge in [-0.25, -0.2) is 14.3 Å². The molecule has 180 valence electrons. The van der Waals surface area contributed by atoms with Gasteiger partial charge in [-0.1, -0.05) is 53.7 Å². The van der Waals surface area contributed by atoms with Crippen LogP contribution in [0.4, 0.5) is 4.79 Å². The molecule has 35 heavy (non-hydrogen) atoms. The number of nitrogens with one attached hydrogen (secondary N) is 1. The van der Waals surface area contributed by atoms with Crippen LogP contribution in [0.25, 0.3) is 11.1 Å². The Morgan fingerprint density at radius 1 is 1.06 bits per heavy atom. The summed E-state index contributed by atoms with van der Waals surface area (Å²) < 4.78 is 7.02. The van der Waals surface area contributed by atoms with Gasteiger partial charge in [-0.15, -0.1) is 5.10 Å². The van der Waals surface area contributed by atoms with Gasteiger partial charge in [0.25, 0.3) is 0 Å². The molecule has 2 aromatic carbocycles. The van der Waals surface area contributed by atoms with Crippen molar-refractivity contribution in [3.63, 3.8) is 0 Å². The number of aromatic nitrogens is 3. The minimum atomic E-state index is -1.18. The molecule has 2 aliphatic rings. The third-order valence-electron chi connectivity index (χ3n) is 6.55. The lowest BCUT2D eigenvalue weighted by Crippen LogP contribution is -2.61. The van der Waals surface area contributed by atoms with Crippen LogP contribution in [-0.2, 0) is 9.53 Å². The smallest absolute Gasteiger partial charge is 0.408 e. The van der Waals surface area contributed by atoms with Gasteiger partial charge in [-0.05, 0) is 36.1 Å². The topological polar surface area (TPSA) is 127 Å². The lowest BCUT2D eigenvalue weighted by molar-refractivity contribution is -0.143. The lowest BCUT2D eigenvalue weighted by atomic mass is 9.98. The molecule has 2 heterocycles. The Labute approximate surface area is 201 Å². The predicted molar refractivity (Wildman–Crippen MR) is 125 cm³/mol. The number of hydrogen-bond acceptors (Lipinski definition) is 6. The van der Waals surface area contributed by atoms with Crippen molar-refractivity contribution in [3.8, 4) is 11.1 Å². The number of benzene rings is 2. The number of carboxylic acid groups (broad SMARTS) is 1. The van der Waals surface area contributed by atoms with Gasteiger partial charge in [0, 0.05) is 19.0 Å². The number of carboxylic acids is 1. The van der Waals surface area contributed by atoms with Crippen LogP contribution in [0.3, 0.4) is 0 Å². The van der Waals surface area contributed by atoms with Crippen molar-refractivity contribution in [3.05, 3.63) is 71.5 Å². The minimum absolute atomic E-state index is 0.0681. The van der Waals surface area contributed by atoms with E-state index in [-0.39, 0.29) is 30.2 Å². The maximum absolute atomic E-state index is 13.0. The number of carbonyl (C=O) groups is 3. The van der Waals surface area contributed by atoms with Gasteiger partial charge in [-0.3, -0.25) is 4.79 Å². The fourth-order valence-corrected chi connectivity index (χ4v) is 4.68. The summed E-state index contributed by atoms with van der Waals surface area (Å²) in [7, 11) is 0. The number of hydrogen-bond donors (Lipinski definition) is 2. The van der Waals surface area contributed by atoms with E-state index < -0.39 is 17.6 Å². The van der Waals surface area contributed by atoms with E-state index in [1.165, 1.54) is 10.9 Å². The van der Waals surface area contributed by atoms with Gasteiger partial charge < -0.3 is 20.1 Å². The second kappa shape index (κ2) is 8.53. The Morgan fingerprint density at radius 3 is 2.23 bits per heavy atom. The number of likely N-dealkylation sites (tertiary alicyclic amines) is 1. The van der Waals surface area contributed by atoms with E-state index in [2.05, 4.69) is 27.8 Å². The molecular weight excluding hydrogens is 450 g/mol. The third-order valence-corrected chi connectivity index (χ3v) is 6.55. The molecule has 0 spiro atoms. The monoisotopic (exact) mass is 475 g/mol. The number of alkyl carbamates (subject to hydrolysis) is 1. The Morgan fingerprint density at radius 2 is 1.66 bits per heavy atom. The molecule has 3 aromatic rings. The average molecular weight is 476 g/mol. The third kappa shape index (κ3) is 4.11. The van der Waals surface area contributed by atoms with Crippen molar-refractivity contribution in [2.24, 2.45) is 0 Å². The Balaban J connectivity index is 1.17. The van der Waals surface area contributed by atoms with Crippen molar-refractivity contribution in [1.29, 1.82) is 0 Å². The number of amides is 2. The molecule has 1 aliphatic heterocycles. The van der Waals surface area contributed by atoms with E-state index in [0.29, 0.717) is 13.1 Å². The van der Waals surface area contributed by atoms with Crippen LogP contribution in [0.1, 0.15) is 47.4 Å². The first-order valence-corrected chi connectivity index (χ1v) is 11.3. The molecule has 1 aliphatic carbocycles. The fraction of sp³-hybridized carbons (Fsp3) is 0.320. The van der Waals surface area contributed by atoms with Crippen LogP contribution in [0, 0.1) is 0 Å². The Bertz CT molecular complexity index is 1270. The average Bonchev–Trinajstić information content (AvgIpc) is 3.40. The molecule has 0 saturated carbocycles. The maximum atomic E-state index is 13.0. The van der Waals surface area contributed by atoms with E-state index in [9.17, 15) is 14.4 Å². The molecule has 2 amide bonds. The molecule has 2 N–H and O–H groups in total. The molecule has 0 bridgehead atoms. The summed E-state index contributed by atoms with van der Waals surface area (Å²) >= 11 is 0. The molecule has 0 unspecified atom stereocenters. The van der Waals surface area contributed by atoms with E-state index in [0.717, 1.165) is 22.3 Å². The number of ether oxygens (including phenoxy) is 1. The highest BCUT2D eigenvalue weighted by Gasteiger charge is 2.41. The number of fused-ring (bicyclic) bond motifs is 3. The quantitative estimate of drug-likeness (QED) is 0.561. The van der Waals surface area contributed by atoms with Gasteiger partial charge in [-0.2, -0.15) is 0 Å². The first-order chi connectivity index (χ1) is 16.7. The summed E-state index contributed by atoms with van der Waals surface area (Å²) in [6.45, 7) is 4.10. The molecular formula is C25H25N5O5. The lowest BCUT2D eigenvalue weighted by Gasteiger charge is -2.42. The van der Waals surface area contributed by atoms with Crippen LogP contribution >= 0.6 is 0 Å². The second-order valence-electron chi connectivity index (χ2n) is 9.33. The predicted octanol–water partition coefficient (Wildman–Crippen LogP) is 2.68. The van der Waals surface area contributed by atoms with Crippen LogP contribution in [0.2, 0.25) is 0 Å². The second-order valence-corrected chi connectivity index (χ2v) is 9.33. The summed E-state index contributed by atoms with van der Waals surface area (Å²) in [6, 6.07) is 16.0. The fourth-order valence-electron chi connectivity index (χ4n) is 4.68. The maximum Gasteiger partial charge on any atom is 0.408 e. The summed E-state index contributed by atoms with van der Waals surface area (Å²) in [6.07, 6.45) is 0.680. The highest BCUT2D eigenvalue weighted by molar-refractivity contribution is 5.90. The molecule has 1 saturated heterocycles. The van der Waals surface area contributed by atoms with E-state index in [1.807, 2.05) is 36.4 Å². The molecule has 1 aromatic heterocycles. The van der Waals surface area contributed by atoms with Crippen LogP contribution < -0.4 is 5.32 Å². The zero-order valence-corrected chi connectivity index (χ0v) is 19.3. The largest absolute Gasteiger partial charge is 0.476 e. The van der Waals surface area contributed by atoms with Crippen LogP contribution in [0.5, 0.6) is 0 Å². The van der Waals surface area contributed by atoms with Crippen molar-refractivity contribution in [2.45, 2.75) is 31.3 Å². The van der Waals surface area contributed by atoms with Gasteiger partial charge in [0.05, 0.1) is 12.2 Å². The minimum Gasteiger partial charge on any atom is -0.476 e. The number of carbonyl (C=O) groups excluding carboxylic acids is 2. The zero-order valence-electron chi connectivity index (χ0n) is 19.3.